The molecule has 0 aliphatic rings. The highest BCUT2D eigenvalue weighted by atomic mass is 79.9. The van der Waals surface area contributed by atoms with Crippen LogP contribution in [-0.4, -0.2) is 4.68 Å². The molecule has 0 amide bonds. The zero-order chi connectivity index (χ0) is 12.8. The number of rotatable bonds is 6. The predicted octanol–water partition coefficient (Wildman–Crippen LogP) is 0.0173. The summed E-state index contributed by atoms with van der Waals surface area (Å²) in [7, 11) is 0. The molecule has 0 aliphatic heterocycles. The summed E-state index contributed by atoms with van der Waals surface area (Å²) < 4.78 is 4.45. The summed E-state index contributed by atoms with van der Waals surface area (Å²) in [6.45, 7) is 5.52. The van der Waals surface area contributed by atoms with Crippen molar-refractivity contribution in [1.82, 2.24) is 4.68 Å². The Hall–Kier alpha value is -1.29. The molecule has 0 bridgehead atoms. The molecule has 0 fully saturated rings. The van der Waals surface area contributed by atoms with Gasteiger partial charge in [-0.3, -0.25) is 0 Å². The van der Waals surface area contributed by atoms with Crippen LogP contribution < -0.4 is 27.0 Å². The highest BCUT2D eigenvalue weighted by molar-refractivity contribution is 5.42. The first-order valence-corrected chi connectivity index (χ1v) is 6.77. The number of imidazole rings is 1. The quantitative estimate of drug-likeness (QED) is 0.743. The Morgan fingerprint density at radius 3 is 2.53 bits per heavy atom. The molecule has 0 aliphatic carbocycles. The van der Waals surface area contributed by atoms with Gasteiger partial charge in [0.1, 0.15) is 6.20 Å². The Morgan fingerprint density at radius 1 is 1.16 bits per heavy atom. The highest BCUT2D eigenvalue weighted by Crippen LogP contribution is 2.07. The van der Waals surface area contributed by atoms with Crippen molar-refractivity contribution in [3.8, 4) is 0 Å². The first-order chi connectivity index (χ1) is 8.85. The summed E-state index contributed by atoms with van der Waals surface area (Å²) in [5, 5.41) is 0. The van der Waals surface area contributed by atoms with Gasteiger partial charge in [-0.25, -0.2) is 9.99 Å². The summed E-state index contributed by atoms with van der Waals surface area (Å²) in [6, 6.07) is 10.3. The van der Waals surface area contributed by atoms with Crippen LogP contribution in [-0.2, 0) is 13.0 Å². The van der Waals surface area contributed by atoms with Crippen LogP contribution in [0.1, 0.15) is 32.5 Å². The summed E-state index contributed by atoms with van der Waals surface area (Å²) in [5.74, 6) is 1.31. The molecular formula is C15H22BrN3. The smallest absolute Gasteiger partial charge is 0.279 e. The van der Waals surface area contributed by atoms with Crippen LogP contribution in [0.15, 0.2) is 42.7 Å². The third-order valence-corrected chi connectivity index (χ3v) is 3.10. The standard InChI is InChI=1S/C15H22N3.BrH/c1-3-5-11-17-12-13-18(15(17)4-2)16-14-9-7-6-8-10-14;/h6-10,12-13,16H,3-5,11H2,1-2H3;1H/q+1;/p-1. The number of hydrogen-bond donors (Lipinski definition) is 1. The second kappa shape index (κ2) is 8.00. The van der Waals surface area contributed by atoms with Crippen LogP contribution in [0, 0.1) is 0 Å². The second-order valence-electron chi connectivity index (χ2n) is 4.46. The lowest BCUT2D eigenvalue weighted by molar-refractivity contribution is -0.703. The van der Waals surface area contributed by atoms with Gasteiger partial charge in [-0.05, 0) is 18.6 Å². The maximum absolute atomic E-state index is 3.42. The molecule has 1 heterocycles. The van der Waals surface area contributed by atoms with Crippen molar-refractivity contribution in [2.45, 2.75) is 39.7 Å². The van der Waals surface area contributed by atoms with E-state index in [0.717, 1.165) is 18.7 Å². The van der Waals surface area contributed by atoms with Crippen molar-refractivity contribution in [2.24, 2.45) is 0 Å². The Bertz CT molecular complexity index is 479. The molecule has 0 saturated heterocycles. The van der Waals surface area contributed by atoms with Crippen molar-refractivity contribution in [3.05, 3.63) is 48.5 Å². The molecule has 19 heavy (non-hydrogen) atoms. The van der Waals surface area contributed by atoms with Crippen LogP contribution in [0.4, 0.5) is 5.69 Å². The van der Waals surface area contributed by atoms with Crippen molar-refractivity contribution in [1.29, 1.82) is 0 Å². The zero-order valence-corrected chi connectivity index (χ0v) is 13.2. The van der Waals surface area contributed by atoms with E-state index in [1.54, 1.807) is 0 Å². The third kappa shape index (κ3) is 4.10. The second-order valence-corrected chi connectivity index (χ2v) is 4.46. The monoisotopic (exact) mass is 323 g/mol. The third-order valence-electron chi connectivity index (χ3n) is 3.10. The molecule has 0 saturated carbocycles. The lowest BCUT2D eigenvalue weighted by Gasteiger charge is -2.05. The maximum atomic E-state index is 3.42. The van der Waals surface area contributed by atoms with E-state index in [4.69, 9.17) is 0 Å². The number of halogens is 1. The molecule has 0 unspecified atom stereocenters. The van der Waals surface area contributed by atoms with Gasteiger partial charge in [-0.2, -0.15) is 0 Å². The largest absolute Gasteiger partial charge is 1.00 e. The Balaban J connectivity index is 0.00000180. The summed E-state index contributed by atoms with van der Waals surface area (Å²) in [6.07, 6.45) is 7.74. The minimum atomic E-state index is 0. The van der Waals surface area contributed by atoms with E-state index >= 15 is 0 Å². The number of para-hydroxylation sites is 1. The SMILES string of the molecule is CCCC[n+]1ccn(Nc2ccccc2)c1CC.[Br-]. The fraction of sp³-hybridized carbons (Fsp3) is 0.400. The van der Waals surface area contributed by atoms with E-state index in [0.29, 0.717) is 0 Å². The normalized spacial score (nSPS) is 10.0. The van der Waals surface area contributed by atoms with E-state index < -0.39 is 0 Å². The highest BCUT2D eigenvalue weighted by Gasteiger charge is 2.14. The average molecular weight is 324 g/mol. The average Bonchev–Trinajstić information content (AvgIpc) is 2.79. The van der Waals surface area contributed by atoms with Gasteiger partial charge < -0.3 is 17.0 Å². The molecule has 104 valence electrons. The first-order valence-electron chi connectivity index (χ1n) is 6.77. The molecule has 0 atom stereocenters. The molecule has 1 aromatic heterocycles. The Morgan fingerprint density at radius 2 is 1.89 bits per heavy atom. The van der Waals surface area contributed by atoms with Gasteiger partial charge >= 0.3 is 0 Å². The van der Waals surface area contributed by atoms with Gasteiger partial charge in [0.2, 0.25) is 0 Å². The van der Waals surface area contributed by atoms with Crippen molar-refractivity contribution in [2.75, 3.05) is 5.43 Å². The lowest BCUT2D eigenvalue weighted by Crippen LogP contribution is -3.00. The van der Waals surface area contributed by atoms with Gasteiger partial charge in [0.15, 0.2) is 6.20 Å². The Labute approximate surface area is 126 Å². The maximum Gasteiger partial charge on any atom is 0.279 e. The summed E-state index contributed by atoms with van der Waals surface area (Å²) in [4.78, 5) is 0. The Kier molecular flexibility index (Phi) is 6.64. The van der Waals surface area contributed by atoms with Crippen LogP contribution in [0.5, 0.6) is 0 Å². The van der Waals surface area contributed by atoms with Gasteiger partial charge in [-0.1, -0.05) is 38.5 Å². The van der Waals surface area contributed by atoms with Crippen molar-refractivity contribution >= 4 is 5.69 Å². The molecule has 2 rings (SSSR count). The van der Waals surface area contributed by atoms with Crippen LogP contribution in [0.3, 0.4) is 0 Å². The van der Waals surface area contributed by atoms with Gasteiger partial charge in [0.25, 0.3) is 5.82 Å². The molecule has 4 heteroatoms. The van der Waals surface area contributed by atoms with E-state index in [2.05, 4.69) is 53.0 Å². The van der Waals surface area contributed by atoms with E-state index in [-0.39, 0.29) is 17.0 Å². The first kappa shape index (κ1) is 15.8. The van der Waals surface area contributed by atoms with E-state index in [9.17, 15) is 0 Å². The fourth-order valence-electron chi connectivity index (χ4n) is 2.12. The number of nitrogens with one attached hydrogen (secondary N) is 1. The fourth-order valence-corrected chi connectivity index (χ4v) is 2.12. The summed E-state index contributed by atoms with van der Waals surface area (Å²) >= 11 is 0. The van der Waals surface area contributed by atoms with Crippen molar-refractivity contribution < 1.29 is 21.5 Å². The molecule has 0 spiro atoms. The molecule has 1 N–H and O–H groups in total. The minimum Gasteiger partial charge on any atom is -1.00 e. The molecule has 3 nitrogen and oxygen atoms in total. The number of hydrogen-bond acceptors (Lipinski definition) is 1. The zero-order valence-electron chi connectivity index (χ0n) is 11.6. The topological polar surface area (TPSA) is 20.8 Å². The van der Waals surface area contributed by atoms with E-state index in [1.807, 2.05) is 18.2 Å². The number of nitrogens with zero attached hydrogens (tertiary/aromatic N) is 2. The molecule has 0 radical (unpaired) electrons. The van der Waals surface area contributed by atoms with Gasteiger partial charge in [0.05, 0.1) is 12.2 Å². The van der Waals surface area contributed by atoms with Crippen LogP contribution in [0.2, 0.25) is 0 Å². The lowest BCUT2D eigenvalue weighted by atomic mass is 10.3. The van der Waals surface area contributed by atoms with E-state index in [1.165, 1.54) is 18.7 Å². The number of anilines is 1. The summed E-state index contributed by atoms with van der Waals surface area (Å²) in [5.41, 5.74) is 4.53. The molecular weight excluding hydrogens is 302 g/mol. The molecule has 2 aromatic rings. The molecule has 1 aromatic carbocycles. The van der Waals surface area contributed by atoms with Crippen LogP contribution >= 0.6 is 0 Å². The van der Waals surface area contributed by atoms with Gasteiger partial charge in [-0.15, -0.1) is 4.68 Å². The van der Waals surface area contributed by atoms with Crippen molar-refractivity contribution in [3.63, 3.8) is 0 Å². The van der Waals surface area contributed by atoms with Gasteiger partial charge in [0, 0.05) is 6.42 Å². The minimum absolute atomic E-state index is 0. The number of unbranched alkanes of at least 4 members (excludes halogenated alkanes) is 1. The number of benzene rings is 1. The number of aryl methyl sites for hydroxylation is 1. The predicted molar refractivity (Wildman–Crippen MR) is 74.4 cm³/mol. The van der Waals surface area contributed by atoms with Crippen LogP contribution in [0.25, 0.3) is 0 Å². The number of aromatic nitrogens is 2.